The summed E-state index contributed by atoms with van der Waals surface area (Å²) < 4.78 is 5.48. The second-order valence-electron chi connectivity index (χ2n) is 4.49. The fraction of sp³-hybridized carbons (Fsp3) is 0.0625. The summed E-state index contributed by atoms with van der Waals surface area (Å²) in [7, 11) is 1.64. The molecule has 0 saturated heterocycles. The molecular weight excluding hydrogens is 272 g/mol. The number of rotatable bonds is 2. The molecule has 3 nitrogen and oxygen atoms in total. The smallest absolute Gasteiger partial charge is 0.127 e. The number of fused-ring (bicyclic) bond motifs is 1. The van der Waals surface area contributed by atoms with Crippen molar-refractivity contribution < 1.29 is 4.74 Å². The van der Waals surface area contributed by atoms with Crippen LogP contribution in [0.2, 0.25) is 5.02 Å². The number of anilines is 1. The Kier molecular flexibility index (Phi) is 3.20. The molecule has 0 radical (unpaired) electrons. The number of nitrogens with two attached hydrogens (primary N) is 1. The van der Waals surface area contributed by atoms with Crippen LogP contribution in [0.3, 0.4) is 0 Å². The molecule has 0 spiro atoms. The molecule has 0 aliphatic heterocycles. The SMILES string of the molecule is COc1cc2ccccc2cc1-c1c(N)cncc1Cl. The molecule has 1 heterocycles. The Balaban J connectivity index is 2.35. The number of hydrogen-bond donors (Lipinski definition) is 1. The van der Waals surface area contributed by atoms with Crippen LogP contribution in [0, 0.1) is 0 Å². The van der Waals surface area contributed by atoms with Gasteiger partial charge in [0.2, 0.25) is 0 Å². The predicted octanol–water partition coefficient (Wildman–Crippen LogP) is 4.15. The van der Waals surface area contributed by atoms with Crippen LogP contribution in [-0.2, 0) is 0 Å². The van der Waals surface area contributed by atoms with Gasteiger partial charge in [0.05, 0.1) is 24.0 Å². The van der Waals surface area contributed by atoms with Crippen molar-refractivity contribution in [1.29, 1.82) is 0 Å². The Morgan fingerprint density at radius 2 is 1.80 bits per heavy atom. The number of methoxy groups -OCH3 is 1. The van der Waals surface area contributed by atoms with Crippen molar-refractivity contribution in [3.05, 3.63) is 53.8 Å². The molecule has 3 rings (SSSR count). The molecule has 0 fully saturated rings. The van der Waals surface area contributed by atoms with Crippen molar-refractivity contribution in [2.24, 2.45) is 0 Å². The summed E-state index contributed by atoms with van der Waals surface area (Å²) in [6.07, 6.45) is 3.18. The van der Waals surface area contributed by atoms with Crippen molar-refractivity contribution in [2.75, 3.05) is 12.8 Å². The number of ether oxygens (including phenoxy) is 1. The normalized spacial score (nSPS) is 10.7. The molecule has 4 heteroatoms. The third-order valence-corrected chi connectivity index (χ3v) is 3.55. The highest BCUT2D eigenvalue weighted by molar-refractivity contribution is 6.34. The van der Waals surface area contributed by atoms with Gasteiger partial charge in [0.1, 0.15) is 5.75 Å². The number of benzene rings is 2. The maximum absolute atomic E-state index is 6.25. The lowest BCUT2D eigenvalue weighted by Gasteiger charge is -2.13. The minimum absolute atomic E-state index is 0.513. The van der Waals surface area contributed by atoms with E-state index in [4.69, 9.17) is 22.1 Å². The number of nitrogens with zero attached hydrogens (tertiary/aromatic N) is 1. The van der Waals surface area contributed by atoms with Crippen LogP contribution in [0.5, 0.6) is 5.75 Å². The Labute approximate surface area is 122 Å². The van der Waals surface area contributed by atoms with E-state index in [1.54, 1.807) is 19.5 Å². The third kappa shape index (κ3) is 2.06. The third-order valence-electron chi connectivity index (χ3n) is 3.27. The Bertz CT molecular complexity index is 766. The summed E-state index contributed by atoms with van der Waals surface area (Å²) in [5.74, 6) is 0.739. The van der Waals surface area contributed by atoms with Crippen LogP contribution in [0.1, 0.15) is 0 Å². The van der Waals surface area contributed by atoms with Crippen LogP contribution in [0.15, 0.2) is 48.8 Å². The molecule has 2 aromatic carbocycles. The molecule has 1 aromatic heterocycles. The van der Waals surface area contributed by atoms with Gasteiger partial charge < -0.3 is 10.5 Å². The van der Waals surface area contributed by atoms with Gasteiger partial charge in [-0.1, -0.05) is 35.9 Å². The predicted molar refractivity (Wildman–Crippen MR) is 83.2 cm³/mol. The molecule has 0 saturated carbocycles. The molecule has 0 aliphatic carbocycles. The fourth-order valence-corrected chi connectivity index (χ4v) is 2.59. The van der Waals surface area contributed by atoms with E-state index >= 15 is 0 Å². The molecule has 0 atom stereocenters. The van der Waals surface area contributed by atoms with Gasteiger partial charge in [-0.05, 0) is 22.9 Å². The second-order valence-corrected chi connectivity index (χ2v) is 4.89. The minimum Gasteiger partial charge on any atom is -0.496 e. The molecule has 0 amide bonds. The lowest BCUT2D eigenvalue weighted by molar-refractivity contribution is 0.417. The Hall–Kier alpha value is -2.26. The van der Waals surface area contributed by atoms with Crippen LogP contribution >= 0.6 is 11.6 Å². The lowest BCUT2D eigenvalue weighted by Crippen LogP contribution is -1.95. The first-order valence-corrected chi connectivity index (χ1v) is 6.54. The first kappa shape index (κ1) is 12.8. The first-order valence-electron chi connectivity index (χ1n) is 6.17. The van der Waals surface area contributed by atoms with Crippen LogP contribution in [-0.4, -0.2) is 12.1 Å². The largest absolute Gasteiger partial charge is 0.496 e. The quantitative estimate of drug-likeness (QED) is 0.769. The van der Waals surface area contributed by atoms with E-state index in [9.17, 15) is 0 Å². The van der Waals surface area contributed by atoms with E-state index in [0.29, 0.717) is 10.7 Å². The molecule has 0 aliphatic rings. The van der Waals surface area contributed by atoms with Crippen molar-refractivity contribution in [2.45, 2.75) is 0 Å². The standard InChI is InChI=1S/C16H13ClN2O/c1-20-15-7-11-5-3-2-4-10(11)6-12(15)16-13(17)8-19-9-14(16)18/h2-9H,18H2,1H3. The summed E-state index contributed by atoms with van der Waals surface area (Å²) in [5.41, 5.74) is 8.18. The van der Waals surface area contributed by atoms with Crippen LogP contribution < -0.4 is 10.5 Å². The number of pyridine rings is 1. The highest BCUT2D eigenvalue weighted by Crippen LogP contribution is 2.40. The molecule has 0 bridgehead atoms. The zero-order valence-corrected chi connectivity index (χ0v) is 11.7. The molecule has 3 aromatic rings. The highest BCUT2D eigenvalue weighted by Gasteiger charge is 2.14. The number of nitrogen functional groups attached to an aromatic ring is 1. The van der Waals surface area contributed by atoms with Crippen molar-refractivity contribution in [1.82, 2.24) is 4.98 Å². The summed E-state index contributed by atoms with van der Waals surface area (Å²) in [6, 6.07) is 12.1. The van der Waals surface area contributed by atoms with Gasteiger partial charge in [-0.25, -0.2) is 0 Å². The molecule has 2 N–H and O–H groups in total. The topological polar surface area (TPSA) is 48.1 Å². The Morgan fingerprint density at radius 3 is 2.45 bits per heavy atom. The molecule has 20 heavy (non-hydrogen) atoms. The monoisotopic (exact) mass is 284 g/mol. The summed E-state index contributed by atoms with van der Waals surface area (Å²) >= 11 is 6.25. The van der Waals surface area contributed by atoms with Gasteiger partial charge in [-0.2, -0.15) is 0 Å². The maximum Gasteiger partial charge on any atom is 0.127 e. The van der Waals surface area contributed by atoms with E-state index in [0.717, 1.165) is 27.6 Å². The van der Waals surface area contributed by atoms with E-state index in [1.165, 1.54) is 0 Å². The fourth-order valence-electron chi connectivity index (χ4n) is 2.32. The van der Waals surface area contributed by atoms with E-state index in [2.05, 4.69) is 4.98 Å². The second kappa shape index (κ2) is 5.02. The zero-order valence-electron chi connectivity index (χ0n) is 10.9. The van der Waals surface area contributed by atoms with Gasteiger partial charge in [0.15, 0.2) is 0 Å². The average molecular weight is 285 g/mol. The Morgan fingerprint density at radius 1 is 1.10 bits per heavy atom. The van der Waals surface area contributed by atoms with Gasteiger partial charge in [0.25, 0.3) is 0 Å². The summed E-state index contributed by atoms with van der Waals surface area (Å²) in [6.45, 7) is 0. The maximum atomic E-state index is 6.25. The van der Waals surface area contributed by atoms with Crippen molar-refractivity contribution >= 4 is 28.1 Å². The van der Waals surface area contributed by atoms with E-state index in [-0.39, 0.29) is 0 Å². The van der Waals surface area contributed by atoms with Gasteiger partial charge >= 0.3 is 0 Å². The highest BCUT2D eigenvalue weighted by atomic mass is 35.5. The molecule has 0 unspecified atom stereocenters. The number of aromatic nitrogens is 1. The lowest BCUT2D eigenvalue weighted by atomic mass is 9.99. The first-order chi connectivity index (χ1) is 9.70. The zero-order chi connectivity index (χ0) is 14.1. The van der Waals surface area contributed by atoms with Crippen LogP contribution in [0.4, 0.5) is 5.69 Å². The number of halogens is 1. The molecular formula is C16H13ClN2O. The minimum atomic E-state index is 0.513. The van der Waals surface area contributed by atoms with Crippen molar-refractivity contribution in [3.63, 3.8) is 0 Å². The van der Waals surface area contributed by atoms with Gasteiger partial charge in [-0.3, -0.25) is 4.98 Å². The van der Waals surface area contributed by atoms with Crippen molar-refractivity contribution in [3.8, 4) is 16.9 Å². The summed E-state index contributed by atoms with van der Waals surface area (Å²) in [4.78, 5) is 3.99. The van der Waals surface area contributed by atoms with Gasteiger partial charge in [0, 0.05) is 17.3 Å². The van der Waals surface area contributed by atoms with E-state index < -0.39 is 0 Å². The van der Waals surface area contributed by atoms with Gasteiger partial charge in [-0.15, -0.1) is 0 Å². The average Bonchev–Trinajstić information content (AvgIpc) is 2.46. The van der Waals surface area contributed by atoms with E-state index in [1.807, 2.05) is 36.4 Å². The molecule has 100 valence electrons. The number of hydrogen-bond acceptors (Lipinski definition) is 3. The summed E-state index contributed by atoms with van der Waals surface area (Å²) in [5, 5.41) is 2.73. The van der Waals surface area contributed by atoms with Crippen LogP contribution in [0.25, 0.3) is 21.9 Å².